The summed E-state index contributed by atoms with van der Waals surface area (Å²) in [6, 6.07) is 4.74. The number of benzene rings is 1. The van der Waals surface area contributed by atoms with Crippen LogP contribution in [0.4, 0.5) is 13.2 Å². The van der Waals surface area contributed by atoms with Gasteiger partial charge in [0.1, 0.15) is 0 Å². The van der Waals surface area contributed by atoms with Gasteiger partial charge in [-0.2, -0.15) is 13.2 Å². The van der Waals surface area contributed by atoms with E-state index in [9.17, 15) is 18.0 Å². The van der Waals surface area contributed by atoms with E-state index < -0.39 is 17.3 Å². The first-order valence-corrected chi connectivity index (χ1v) is 4.76. The fourth-order valence-electron chi connectivity index (χ4n) is 1.48. The van der Waals surface area contributed by atoms with Gasteiger partial charge in [-0.25, -0.2) is 0 Å². The lowest BCUT2D eigenvalue weighted by molar-refractivity contribution is -0.136. The SMILES string of the molecule is O=c1cc(C(F)(F)F)c2cc(S)ccc2[nH]1. The number of nitrogens with one attached hydrogen (secondary N) is 1. The second kappa shape index (κ2) is 3.55. The molecule has 0 atom stereocenters. The molecule has 0 radical (unpaired) electrons. The standard InChI is InChI=1S/C10H6F3NOS/c11-10(12,13)7-4-9(15)14-8-2-1-5(16)3-6(7)8/h1-4,16H,(H,14,15). The third kappa shape index (κ3) is 1.92. The van der Waals surface area contributed by atoms with Crippen LogP contribution < -0.4 is 5.56 Å². The molecule has 0 aliphatic heterocycles. The van der Waals surface area contributed by atoms with E-state index in [-0.39, 0.29) is 10.9 Å². The molecular formula is C10H6F3NOS. The monoisotopic (exact) mass is 245 g/mol. The normalized spacial score (nSPS) is 12.0. The van der Waals surface area contributed by atoms with E-state index in [1.165, 1.54) is 18.2 Å². The smallest absolute Gasteiger partial charge is 0.322 e. The Bertz CT molecular complexity index is 603. The molecule has 16 heavy (non-hydrogen) atoms. The average Bonchev–Trinajstić information content (AvgIpc) is 2.16. The van der Waals surface area contributed by atoms with Gasteiger partial charge < -0.3 is 4.98 Å². The van der Waals surface area contributed by atoms with E-state index in [0.717, 1.165) is 0 Å². The average molecular weight is 245 g/mol. The predicted molar refractivity (Wildman–Crippen MR) is 56.8 cm³/mol. The maximum absolute atomic E-state index is 12.7. The molecule has 0 unspecified atom stereocenters. The molecule has 1 heterocycles. The zero-order valence-electron chi connectivity index (χ0n) is 7.80. The Morgan fingerprint density at radius 1 is 1.19 bits per heavy atom. The van der Waals surface area contributed by atoms with Gasteiger partial charge in [0, 0.05) is 21.9 Å². The van der Waals surface area contributed by atoms with Crippen LogP contribution in [0.3, 0.4) is 0 Å². The Labute approximate surface area is 93.5 Å². The maximum atomic E-state index is 12.7. The number of rotatable bonds is 0. The molecule has 1 aromatic carbocycles. The lowest BCUT2D eigenvalue weighted by atomic mass is 10.1. The molecule has 0 aliphatic carbocycles. The van der Waals surface area contributed by atoms with Crippen molar-refractivity contribution in [1.29, 1.82) is 0 Å². The Kier molecular flexibility index (Phi) is 2.46. The van der Waals surface area contributed by atoms with E-state index in [1.54, 1.807) is 0 Å². The molecule has 2 nitrogen and oxygen atoms in total. The summed E-state index contributed by atoms with van der Waals surface area (Å²) in [5, 5.41) is -0.0559. The first kappa shape index (κ1) is 11.1. The molecule has 0 spiro atoms. The summed E-state index contributed by atoms with van der Waals surface area (Å²) < 4.78 is 38.0. The number of aromatic nitrogens is 1. The quantitative estimate of drug-likeness (QED) is 0.687. The number of thiol groups is 1. The van der Waals surface area contributed by atoms with Crippen molar-refractivity contribution in [2.24, 2.45) is 0 Å². The summed E-state index contributed by atoms with van der Waals surface area (Å²) in [5.74, 6) is 0. The minimum atomic E-state index is -4.55. The van der Waals surface area contributed by atoms with Crippen LogP contribution >= 0.6 is 12.6 Å². The minimum absolute atomic E-state index is 0.0559. The van der Waals surface area contributed by atoms with Crippen LogP contribution in [0.5, 0.6) is 0 Å². The molecule has 1 aromatic heterocycles. The van der Waals surface area contributed by atoms with Crippen molar-refractivity contribution in [2.45, 2.75) is 11.1 Å². The number of pyridine rings is 1. The van der Waals surface area contributed by atoms with E-state index in [4.69, 9.17) is 0 Å². The highest BCUT2D eigenvalue weighted by Crippen LogP contribution is 2.33. The van der Waals surface area contributed by atoms with Crippen LogP contribution in [-0.2, 0) is 6.18 Å². The van der Waals surface area contributed by atoms with Gasteiger partial charge in [-0.05, 0) is 18.2 Å². The molecule has 0 amide bonds. The Morgan fingerprint density at radius 2 is 1.88 bits per heavy atom. The number of H-pyrrole nitrogens is 1. The van der Waals surface area contributed by atoms with Crippen molar-refractivity contribution in [3.8, 4) is 0 Å². The van der Waals surface area contributed by atoms with Crippen molar-refractivity contribution in [3.63, 3.8) is 0 Å². The van der Waals surface area contributed by atoms with Gasteiger partial charge >= 0.3 is 6.18 Å². The van der Waals surface area contributed by atoms with Crippen LogP contribution in [0.1, 0.15) is 5.56 Å². The van der Waals surface area contributed by atoms with E-state index >= 15 is 0 Å². The number of halogens is 3. The fraction of sp³-hybridized carbons (Fsp3) is 0.100. The summed E-state index contributed by atoms with van der Waals surface area (Å²) in [4.78, 5) is 13.8. The molecule has 0 aliphatic rings. The second-order valence-electron chi connectivity index (χ2n) is 3.27. The molecule has 84 valence electrons. The van der Waals surface area contributed by atoms with Crippen molar-refractivity contribution < 1.29 is 13.2 Å². The molecule has 2 aromatic rings. The number of hydrogen-bond acceptors (Lipinski definition) is 2. The number of hydrogen-bond donors (Lipinski definition) is 2. The highest BCUT2D eigenvalue weighted by atomic mass is 32.1. The number of aromatic amines is 1. The third-order valence-corrected chi connectivity index (χ3v) is 2.41. The van der Waals surface area contributed by atoms with Gasteiger partial charge in [0.05, 0.1) is 5.56 Å². The zero-order valence-corrected chi connectivity index (χ0v) is 8.69. The Hall–Kier alpha value is -1.43. The molecule has 2 rings (SSSR count). The minimum Gasteiger partial charge on any atom is -0.322 e. The van der Waals surface area contributed by atoms with Crippen molar-refractivity contribution in [2.75, 3.05) is 0 Å². The first-order chi connectivity index (χ1) is 7.38. The van der Waals surface area contributed by atoms with Gasteiger partial charge in [-0.15, -0.1) is 12.6 Å². The summed E-state index contributed by atoms with van der Waals surface area (Å²) in [7, 11) is 0. The Balaban J connectivity index is 2.91. The summed E-state index contributed by atoms with van der Waals surface area (Å²) in [6.45, 7) is 0. The highest BCUT2D eigenvalue weighted by Gasteiger charge is 2.33. The number of fused-ring (bicyclic) bond motifs is 1. The second-order valence-corrected chi connectivity index (χ2v) is 3.79. The lowest BCUT2D eigenvalue weighted by Gasteiger charge is -2.09. The van der Waals surface area contributed by atoms with Crippen LogP contribution in [-0.4, -0.2) is 4.98 Å². The lowest BCUT2D eigenvalue weighted by Crippen LogP contribution is -2.13. The van der Waals surface area contributed by atoms with Crippen LogP contribution in [0.15, 0.2) is 34.0 Å². The number of alkyl halides is 3. The molecule has 0 fully saturated rings. The van der Waals surface area contributed by atoms with Crippen LogP contribution in [0.25, 0.3) is 10.9 Å². The molecule has 1 N–H and O–H groups in total. The van der Waals surface area contributed by atoms with E-state index in [2.05, 4.69) is 17.6 Å². The first-order valence-electron chi connectivity index (χ1n) is 4.31. The van der Waals surface area contributed by atoms with Crippen molar-refractivity contribution in [3.05, 3.63) is 40.2 Å². The Morgan fingerprint density at radius 3 is 2.50 bits per heavy atom. The molecule has 0 saturated carbocycles. The summed E-state index contributed by atoms with van der Waals surface area (Å²) in [6.07, 6.45) is -4.55. The summed E-state index contributed by atoms with van der Waals surface area (Å²) >= 11 is 3.97. The molecule has 0 bridgehead atoms. The van der Waals surface area contributed by atoms with Gasteiger partial charge in [-0.3, -0.25) is 4.79 Å². The van der Waals surface area contributed by atoms with Crippen LogP contribution in [0.2, 0.25) is 0 Å². The van der Waals surface area contributed by atoms with E-state index in [1.807, 2.05) is 0 Å². The van der Waals surface area contributed by atoms with Crippen LogP contribution in [0, 0.1) is 0 Å². The van der Waals surface area contributed by atoms with Gasteiger partial charge in [0.25, 0.3) is 0 Å². The van der Waals surface area contributed by atoms with Crippen molar-refractivity contribution >= 4 is 23.5 Å². The summed E-state index contributed by atoms with van der Waals surface area (Å²) in [5.41, 5.74) is -1.56. The topological polar surface area (TPSA) is 32.9 Å². The molecule has 6 heteroatoms. The maximum Gasteiger partial charge on any atom is 0.417 e. The van der Waals surface area contributed by atoms with Crippen molar-refractivity contribution in [1.82, 2.24) is 4.98 Å². The highest BCUT2D eigenvalue weighted by molar-refractivity contribution is 7.80. The molecular weight excluding hydrogens is 239 g/mol. The fourth-order valence-corrected chi connectivity index (χ4v) is 1.68. The predicted octanol–water partition coefficient (Wildman–Crippen LogP) is 2.84. The largest absolute Gasteiger partial charge is 0.417 e. The van der Waals surface area contributed by atoms with Gasteiger partial charge in [-0.1, -0.05) is 0 Å². The third-order valence-electron chi connectivity index (χ3n) is 2.13. The van der Waals surface area contributed by atoms with E-state index in [0.29, 0.717) is 11.0 Å². The van der Waals surface area contributed by atoms with Gasteiger partial charge in [0.15, 0.2) is 0 Å². The molecule has 0 saturated heterocycles. The van der Waals surface area contributed by atoms with Gasteiger partial charge in [0.2, 0.25) is 5.56 Å². The zero-order chi connectivity index (χ0) is 11.9.